The van der Waals surface area contributed by atoms with E-state index in [1.165, 1.54) is 16.7 Å². The molecular weight excluding hydrogens is 234 g/mol. The van der Waals surface area contributed by atoms with E-state index in [1.54, 1.807) is 0 Å². The number of nitrogens with one attached hydrogen (secondary N) is 1. The zero-order chi connectivity index (χ0) is 13.2. The Morgan fingerprint density at radius 3 is 2.58 bits per heavy atom. The average molecular weight is 253 g/mol. The Labute approximate surface area is 114 Å². The van der Waals surface area contributed by atoms with E-state index in [1.807, 2.05) is 0 Å². The molecule has 1 unspecified atom stereocenters. The van der Waals surface area contributed by atoms with Crippen LogP contribution >= 0.6 is 0 Å². The smallest absolute Gasteiger partial charge is 0.142 e. The SMILES string of the molecule is CCc1ccc(-c2ccc3c(c2)NCC(C)O3)cc1. The van der Waals surface area contributed by atoms with Crippen molar-refractivity contribution in [3.63, 3.8) is 0 Å². The van der Waals surface area contributed by atoms with Gasteiger partial charge in [-0.3, -0.25) is 0 Å². The van der Waals surface area contributed by atoms with Crippen LogP contribution in [0.25, 0.3) is 11.1 Å². The lowest BCUT2D eigenvalue weighted by Crippen LogP contribution is -2.27. The molecule has 2 aromatic rings. The van der Waals surface area contributed by atoms with Crippen molar-refractivity contribution in [2.24, 2.45) is 0 Å². The van der Waals surface area contributed by atoms with Gasteiger partial charge < -0.3 is 10.1 Å². The van der Waals surface area contributed by atoms with Crippen LogP contribution in [0, 0.1) is 0 Å². The largest absolute Gasteiger partial charge is 0.487 e. The first-order chi connectivity index (χ1) is 9.26. The normalized spacial score (nSPS) is 17.3. The van der Waals surface area contributed by atoms with Crippen molar-refractivity contribution in [1.29, 1.82) is 0 Å². The molecule has 1 heterocycles. The number of anilines is 1. The molecule has 1 atom stereocenters. The fourth-order valence-corrected chi connectivity index (χ4v) is 2.40. The molecule has 1 aliphatic rings. The quantitative estimate of drug-likeness (QED) is 0.869. The Balaban J connectivity index is 1.93. The van der Waals surface area contributed by atoms with Crippen LogP contribution in [0.4, 0.5) is 5.69 Å². The summed E-state index contributed by atoms with van der Waals surface area (Å²) in [6.45, 7) is 5.12. The van der Waals surface area contributed by atoms with E-state index in [9.17, 15) is 0 Å². The summed E-state index contributed by atoms with van der Waals surface area (Å²) in [6.07, 6.45) is 1.32. The van der Waals surface area contributed by atoms with E-state index >= 15 is 0 Å². The third kappa shape index (κ3) is 2.43. The summed E-state index contributed by atoms with van der Waals surface area (Å²) < 4.78 is 5.80. The van der Waals surface area contributed by atoms with Crippen molar-refractivity contribution in [2.45, 2.75) is 26.4 Å². The van der Waals surface area contributed by atoms with Gasteiger partial charge in [0.15, 0.2) is 0 Å². The van der Waals surface area contributed by atoms with E-state index in [-0.39, 0.29) is 6.10 Å². The summed E-state index contributed by atoms with van der Waals surface area (Å²) >= 11 is 0. The molecule has 0 bridgehead atoms. The second-order valence-electron chi connectivity index (χ2n) is 5.07. The van der Waals surface area contributed by atoms with Gasteiger partial charge in [-0.1, -0.05) is 37.3 Å². The number of benzene rings is 2. The molecule has 2 heteroatoms. The summed E-state index contributed by atoms with van der Waals surface area (Å²) in [5, 5.41) is 3.42. The highest BCUT2D eigenvalue weighted by Gasteiger charge is 2.15. The van der Waals surface area contributed by atoms with Crippen LogP contribution in [0.3, 0.4) is 0 Å². The van der Waals surface area contributed by atoms with Gasteiger partial charge in [-0.25, -0.2) is 0 Å². The number of rotatable bonds is 2. The third-order valence-corrected chi connectivity index (χ3v) is 3.58. The first-order valence-electron chi connectivity index (χ1n) is 6.90. The summed E-state index contributed by atoms with van der Waals surface area (Å²) in [7, 11) is 0. The van der Waals surface area contributed by atoms with Gasteiger partial charge in [-0.2, -0.15) is 0 Å². The standard InChI is InChI=1S/C17H19NO/c1-3-13-4-6-14(7-5-13)15-8-9-17-16(10-15)18-11-12(2)19-17/h4-10,12,18H,3,11H2,1-2H3. The third-order valence-electron chi connectivity index (χ3n) is 3.58. The van der Waals surface area contributed by atoms with Crippen molar-refractivity contribution in [3.8, 4) is 16.9 Å². The molecule has 0 aromatic heterocycles. The molecule has 3 rings (SSSR count). The van der Waals surface area contributed by atoms with E-state index in [0.717, 1.165) is 24.4 Å². The van der Waals surface area contributed by atoms with Crippen molar-refractivity contribution >= 4 is 5.69 Å². The van der Waals surface area contributed by atoms with E-state index in [4.69, 9.17) is 4.74 Å². The maximum absolute atomic E-state index is 5.80. The summed E-state index contributed by atoms with van der Waals surface area (Å²) in [4.78, 5) is 0. The van der Waals surface area contributed by atoms with Crippen LogP contribution < -0.4 is 10.1 Å². The minimum atomic E-state index is 0.238. The maximum Gasteiger partial charge on any atom is 0.142 e. The van der Waals surface area contributed by atoms with Crippen molar-refractivity contribution in [1.82, 2.24) is 0 Å². The van der Waals surface area contributed by atoms with E-state index in [0.29, 0.717) is 0 Å². The van der Waals surface area contributed by atoms with Gasteiger partial charge in [0.25, 0.3) is 0 Å². The van der Waals surface area contributed by atoms with Crippen molar-refractivity contribution in [3.05, 3.63) is 48.0 Å². The number of aryl methyl sites for hydroxylation is 1. The lowest BCUT2D eigenvalue weighted by molar-refractivity contribution is 0.226. The molecule has 0 aliphatic carbocycles. The monoisotopic (exact) mass is 253 g/mol. The number of ether oxygens (including phenoxy) is 1. The molecule has 98 valence electrons. The fourth-order valence-electron chi connectivity index (χ4n) is 2.40. The van der Waals surface area contributed by atoms with E-state index in [2.05, 4.69) is 61.6 Å². The summed E-state index contributed by atoms with van der Waals surface area (Å²) in [5.41, 5.74) is 4.94. The van der Waals surface area contributed by atoms with Gasteiger partial charge in [-0.05, 0) is 42.2 Å². The molecule has 19 heavy (non-hydrogen) atoms. The highest BCUT2D eigenvalue weighted by atomic mass is 16.5. The van der Waals surface area contributed by atoms with Crippen molar-refractivity contribution in [2.75, 3.05) is 11.9 Å². The fraction of sp³-hybridized carbons (Fsp3) is 0.294. The van der Waals surface area contributed by atoms with Gasteiger partial charge in [-0.15, -0.1) is 0 Å². The molecule has 0 radical (unpaired) electrons. The van der Waals surface area contributed by atoms with E-state index < -0.39 is 0 Å². The molecule has 2 aromatic carbocycles. The highest BCUT2D eigenvalue weighted by Crippen LogP contribution is 2.33. The minimum Gasteiger partial charge on any atom is -0.487 e. The predicted octanol–water partition coefficient (Wildman–Crippen LogP) is 4.11. The average Bonchev–Trinajstić information content (AvgIpc) is 2.47. The van der Waals surface area contributed by atoms with Gasteiger partial charge in [0.2, 0.25) is 0 Å². The Bertz CT molecular complexity index is 574. The lowest BCUT2D eigenvalue weighted by atomic mass is 10.0. The van der Waals surface area contributed by atoms with Crippen LogP contribution in [-0.4, -0.2) is 12.6 Å². The molecule has 0 saturated carbocycles. The van der Waals surface area contributed by atoms with Crippen molar-refractivity contribution < 1.29 is 4.74 Å². The maximum atomic E-state index is 5.80. The second kappa shape index (κ2) is 4.96. The lowest BCUT2D eigenvalue weighted by Gasteiger charge is -2.25. The molecular formula is C17H19NO. The molecule has 1 aliphatic heterocycles. The second-order valence-corrected chi connectivity index (χ2v) is 5.07. The van der Waals surface area contributed by atoms with Gasteiger partial charge in [0.1, 0.15) is 11.9 Å². The van der Waals surface area contributed by atoms with Crippen LogP contribution in [0.5, 0.6) is 5.75 Å². The number of hydrogen-bond acceptors (Lipinski definition) is 2. The van der Waals surface area contributed by atoms with Crippen LogP contribution in [-0.2, 0) is 6.42 Å². The molecule has 2 nitrogen and oxygen atoms in total. The molecule has 1 N–H and O–H groups in total. The first kappa shape index (κ1) is 12.1. The number of hydrogen-bond donors (Lipinski definition) is 1. The highest BCUT2D eigenvalue weighted by molar-refractivity contribution is 5.72. The Morgan fingerprint density at radius 1 is 1.11 bits per heavy atom. The first-order valence-corrected chi connectivity index (χ1v) is 6.90. The van der Waals surface area contributed by atoms with Gasteiger partial charge >= 0.3 is 0 Å². The van der Waals surface area contributed by atoms with Crippen LogP contribution in [0.1, 0.15) is 19.4 Å². The van der Waals surface area contributed by atoms with Crippen LogP contribution in [0.2, 0.25) is 0 Å². The van der Waals surface area contributed by atoms with Gasteiger partial charge in [0, 0.05) is 0 Å². The Hall–Kier alpha value is -1.96. The van der Waals surface area contributed by atoms with Crippen LogP contribution in [0.15, 0.2) is 42.5 Å². The number of fused-ring (bicyclic) bond motifs is 1. The zero-order valence-electron chi connectivity index (χ0n) is 11.4. The van der Waals surface area contributed by atoms with Gasteiger partial charge in [0.05, 0.1) is 12.2 Å². The topological polar surface area (TPSA) is 21.3 Å². The molecule has 0 spiro atoms. The Kier molecular flexibility index (Phi) is 3.16. The zero-order valence-corrected chi connectivity index (χ0v) is 11.4. The molecule has 0 saturated heterocycles. The summed E-state index contributed by atoms with van der Waals surface area (Å²) in [5.74, 6) is 0.952. The summed E-state index contributed by atoms with van der Waals surface area (Å²) in [6, 6.07) is 15.1. The Morgan fingerprint density at radius 2 is 1.84 bits per heavy atom. The predicted molar refractivity (Wildman–Crippen MR) is 79.8 cm³/mol. The molecule has 0 fully saturated rings. The minimum absolute atomic E-state index is 0.238. The molecule has 0 amide bonds.